The van der Waals surface area contributed by atoms with Gasteiger partial charge in [-0.2, -0.15) is 0 Å². The first kappa shape index (κ1) is 13.8. The molecule has 2 heterocycles. The standard InChI is InChI=1S/C12H21N3O2S/c1-3-11-13-14-12(15(11)2)18-8-7-16-9-10-5-4-6-17-10/h10H,3-9H2,1-2H3/t10-/m1/s1. The van der Waals surface area contributed by atoms with E-state index in [9.17, 15) is 0 Å². The summed E-state index contributed by atoms with van der Waals surface area (Å²) in [7, 11) is 2.01. The predicted molar refractivity (Wildman–Crippen MR) is 70.9 cm³/mol. The Kier molecular flexibility index (Phi) is 5.46. The van der Waals surface area contributed by atoms with E-state index in [-0.39, 0.29) is 0 Å². The van der Waals surface area contributed by atoms with Gasteiger partial charge in [0, 0.05) is 25.8 Å². The fourth-order valence-corrected chi connectivity index (χ4v) is 2.74. The summed E-state index contributed by atoms with van der Waals surface area (Å²) in [4.78, 5) is 0. The zero-order valence-electron chi connectivity index (χ0n) is 11.1. The topological polar surface area (TPSA) is 49.2 Å². The van der Waals surface area contributed by atoms with Gasteiger partial charge < -0.3 is 14.0 Å². The van der Waals surface area contributed by atoms with E-state index in [1.807, 2.05) is 11.6 Å². The van der Waals surface area contributed by atoms with Gasteiger partial charge >= 0.3 is 0 Å². The molecule has 1 atom stereocenters. The number of hydrogen-bond acceptors (Lipinski definition) is 5. The van der Waals surface area contributed by atoms with Crippen LogP contribution in [-0.4, -0.2) is 46.4 Å². The second-order valence-electron chi connectivity index (χ2n) is 4.37. The van der Waals surface area contributed by atoms with Crippen molar-refractivity contribution in [3.05, 3.63) is 5.82 Å². The molecule has 0 radical (unpaired) electrons. The molecule has 0 spiro atoms. The van der Waals surface area contributed by atoms with Crippen molar-refractivity contribution in [1.29, 1.82) is 0 Å². The molecule has 102 valence electrons. The number of ether oxygens (including phenoxy) is 2. The van der Waals surface area contributed by atoms with Crippen molar-refractivity contribution in [3.8, 4) is 0 Å². The summed E-state index contributed by atoms with van der Waals surface area (Å²) in [5, 5.41) is 9.25. The third kappa shape index (κ3) is 3.70. The van der Waals surface area contributed by atoms with Crippen LogP contribution in [0.4, 0.5) is 0 Å². The van der Waals surface area contributed by atoms with Crippen LogP contribution in [0.1, 0.15) is 25.6 Å². The lowest BCUT2D eigenvalue weighted by Gasteiger charge is -2.09. The van der Waals surface area contributed by atoms with E-state index < -0.39 is 0 Å². The highest BCUT2D eigenvalue weighted by atomic mass is 32.2. The third-order valence-electron chi connectivity index (χ3n) is 3.03. The molecule has 5 nitrogen and oxygen atoms in total. The highest BCUT2D eigenvalue weighted by Crippen LogP contribution is 2.16. The monoisotopic (exact) mass is 271 g/mol. The second kappa shape index (κ2) is 7.11. The largest absolute Gasteiger partial charge is 0.378 e. The number of thioether (sulfide) groups is 1. The first-order valence-corrected chi connectivity index (χ1v) is 7.50. The highest BCUT2D eigenvalue weighted by molar-refractivity contribution is 7.99. The van der Waals surface area contributed by atoms with Gasteiger partial charge in [0.05, 0.1) is 19.3 Å². The summed E-state index contributed by atoms with van der Waals surface area (Å²) in [6, 6.07) is 0. The van der Waals surface area contributed by atoms with Crippen LogP contribution in [0, 0.1) is 0 Å². The molecule has 1 aliphatic rings. The van der Waals surface area contributed by atoms with Crippen molar-refractivity contribution < 1.29 is 9.47 Å². The second-order valence-corrected chi connectivity index (χ2v) is 5.43. The lowest BCUT2D eigenvalue weighted by atomic mass is 10.2. The minimum Gasteiger partial charge on any atom is -0.378 e. The van der Waals surface area contributed by atoms with Gasteiger partial charge in [-0.25, -0.2) is 0 Å². The number of rotatable bonds is 7. The van der Waals surface area contributed by atoms with Gasteiger partial charge in [-0.15, -0.1) is 10.2 Å². The Morgan fingerprint density at radius 2 is 2.39 bits per heavy atom. The molecular formula is C12H21N3O2S. The molecule has 0 bridgehead atoms. The van der Waals surface area contributed by atoms with E-state index in [4.69, 9.17) is 9.47 Å². The summed E-state index contributed by atoms with van der Waals surface area (Å²) < 4.78 is 13.2. The lowest BCUT2D eigenvalue weighted by Crippen LogP contribution is -2.15. The molecule has 6 heteroatoms. The van der Waals surface area contributed by atoms with E-state index in [1.54, 1.807) is 11.8 Å². The molecule has 2 rings (SSSR count). The molecule has 1 aromatic heterocycles. The summed E-state index contributed by atoms with van der Waals surface area (Å²) in [6.07, 6.45) is 3.54. The fourth-order valence-electron chi connectivity index (χ4n) is 1.96. The summed E-state index contributed by atoms with van der Waals surface area (Å²) in [6.45, 7) is 4.43. The predicted octanol–water partition coefficient (Wildman–Crippen LogP) is 1.67. The highest BCUT2D eigenvalue weighted by Gasteiger charge is 2.15. The smallest absolute Gasteiger partial charge is 0.191 e. The molecule has 1 saturated heterocycles. The molecule has 0 N–H and O–H groups in total. The van der Waals surface area contributed by atoms with Gasteiger partial charge in [0.15, 0.2) is 5.16 Å². The number of hydrogen-bond donors (Lipinski definition) is 0. The van der Waals surface area contributed by atoms with Crippen LogP contribution in [0.25, 0.3) is 0 Å². The maximum Gasteiger partial charge on any atom is 0.191 e. The number of nitrogens with zero attached hydrogens (tertiary/aromatic N) is 3. The Balaban J connectivity index is 1.61. The maximum atomic E-state index is 5.61. The van der Waals surface area contributed by atoms with E-state index >= 15 is 0 Å². The molecule has 0 unspecified atom stereocenters. The summed E-state index contributed by atoms with van der Waals surface area (Å²) >= 11 is 1.69. The number of aryl methyl sites for hydroxylation is 1. The lowest BCUT2D eigenvalue weighted by molar-refractivity contribution is 0.0226. The van der Waals surface area contributed by atoms with Gasteiger partial charge in [0.25, 0.3) is 0 Å². The van der Waals surface area contributed by atoms with Crippen LogP contribution in [0.2, 0.25) is 0 Å². The van der Waals surface area contributed by atoms with Crippen molar-refractivity contribution in [1.82, 2.24) is 14.8 Å². The fraction of sp³-hybridized carbons (Fsp3) is 0.833. The van der Waals surface area contributed by atoms with Crippen molar-refractivity contribution in [3.63, 3.8) is 0 Å². The Morgan fingerprint density at radius 1 is 1.50 bits per heavy atom. The van der Waals surface area contributed by atoms with E-state index in [0.717, 1.165) is 49.4 Å². The normalized spacial score (nSPS) is 19.6. The summed E-state index contributed by atoms with van der Waals surface area (Å²) in [5.41, 5.74) is 0. The molecular weight excluding hydrogens is 250 g/mol. The Bertz CT molecular complexity index is 364. The minimum absolute atomic E-state index is 0.316. The molecule has 0 saturated carbocycles. The van der Waals surface area contributed by atoms with Crippen LogP contribution in [0.5, 0.6) is 0 Å². The first-order chi connectivity index (χ1) is 8.81. The zero-order valence-corrected chi connectivity index (χ0v) is 11.9. The SMILES string of the molecule is CCc1nnc(SCCOC[C@H]2CCCO2)n1C. The molecule has 1 aromatic rings. The van der Waals surface area contributed by atoms with Gasteiger partial charge in [0.1, 0.15) is 5.82 Å². The van der Waals surface area contributed by atoms with Crippen molar-refractivity contribution in [2.24, 2.45) is 7.05 Å². The molecule has 1 fully saturated rings. The average Bonchev–Trinajstić information content (AvgIpc) is 3.00. The maximum absolute atomic E-state index is 5.61. The van der Waals surface area contributed by atoms with Gasteiger partial charge in [0.2, 0.25) is 0 Å². The van der Waals surface area contributed by atoms with Crippen LogP contribution < -0.4 is 0 Å². The van der Waals surface area contributed by atoms with Gasteiger partial charge in [-0.1, -0.05) is 18.7 Å². The Hall–Kier alpha value is -0.590. The van der Waals surface area contributed by atoms with Crippen LogP contribution >= 0.6 is 11.8 Å². The molecule has 18 heavy (non-hydrogen) atoms. The van der Waals surface area contributed by atoms with Crippen molar-refractivity contribution in [2.45, 2.75) is 37.4 Å². The molecule has 0 aromatic carbocycles. The van der Waals surface area contributed by atoms with E-state index in [0.29, 0.717) is 6.10 Å². The van der Waals surface area contributed by atoms with Crippen LogP contribution in [0.15, 0.2) is 5.16 Å². The Morgan fingerprint density at radius 3 is 3.06 bits per heavy atom. The third-order valence-corrected chi connectivity index (χ3v) is 4.01. The minimum atomic E-state index is 0.316. The first-order valence-electron chi connectivity index (χ1n) is 6.51. The van der Waals surface area contributed by atoms with Crippen molar-refractivity contribution in [2.75, 3.05) is 25.6 Å². The zero-order chi connectivity index (χ0) is 12.8. The molecule has 0 amide bonds. The summed E-state index contributed by atoms with van der Waals surface area (Å²) in [5.74, 6) is 1.93. The molecule has 0 aliphatic carbocycles. The Labute approximate surface area is 112 Å². The average molecular weight is 271 g/mol. The van der Waals surface area contributed by atoms with E-state index in [1.165, 1.54) is 6.42 Å². The number of aromatic nitrogens is 3. The van der Waals surface area contributed by atoms with Gasteiger partial charge in [-0.3, -0.25) is 0 Å². The van der Waals surface area contributed by atoms with E-state index in [2.05, 4.69) is 17.1 Å². The van der Waals surface area contributed by atoms with Crippen LogP contribution in [-0.2, 0) is 22.9 Å². The van der Waals surface area contributed by atoms with Crippen molar-refractivity contribution >= 4 is 11.8 Å². The quantitative estimate of drug-likeness (QED) is 0.557. The van der Waals surface area contributed by atoms with Crippen LogP contribution in [0.3, 0.4) is 0 Å². The van der Waals surface area contributed by atoms with Gasteiger partial charge in [-0.05, 0) is 12.8 Å². The molecule has 1 aliphatic heterocycles.